The fourth-order valence-corrected chi connectivity index (χ4v) is 5.10. The number of primary amides is 1. The predicted octanol–water partition coefficient (Wildman–Crippen LogP) is 1.00. The standard InChI is InChI=1S/C31H44Br2N6O10/c1-19(2)26(28(43)37-22(4-3-10-35-31(34)46)27(42)36-21-7-5-20(18-40)6-8-21)38-23(41)9-12-47-14-16-49-17-15-48-13-11-39-29(44)24(32)25(33)30(39)45/h5-8,19,22,26,40H,3-4,9-18H2,1-2H3,(H,36,42)(H,37,43)(H,38,41)(H3,34,35,46)/t22-,26-/m0/s1. The molecule has 0 aliphatic carbocycles. The lowest BCUT2D eigenvalue weighted by Crippen LogP contribution is -2.54. The van der Waals surface area contributed by atoms with Crippen molar-refractivity contribution in [2.45, 2.75) is 51.8 Å². The van der Waals surface area contributed by atoms with Gasteiger partial charge in [-0.2, -0.15) is 0 Å². The largest absolute Gasteiger partial charge is 0.392 e. The molecule has 1 aliphatic heterocycles. The number of hydrogen-bond donors (Lipinski definition) is 6. The molecule has 0 bridgehead atoms. The summed E-state index contributed by atoms with van der Waals surface area (Å²) in [4.78, 5) is 75.0. The van der Waals surface area contributed by atoms with Crippen molar-refractivity contribution < 1.29 is 48.1 Å². The zero-order chi connectivity index (χ0) is 36.3. The number of imide groups is 1. The van der Waals surface area contributed by atoms with E-state index in [0.29, 0.717) is 17.7 Å². The normalized spacial score (nSPS) is 14.2. The van der Waals surface area contributed by atoms with Crippen LogP contribution in [0, 0.1) is 5.92 Å². The molecule has 49 heavy (non-hydrogen) atoms. The lowest BCUT2D eigenvalue weighted by molar-refractivity contribution is -0.138. The van der Waals surface area contributed by atoms with Crippen LogP contribution < -0.4 is 27.0 Å². The Kier molecular flexibility index (Phi) is 19.0. The maximum absolute atomic E-state index is 13.3. The first-order valence-corrected chi connectivity index (χ1v) is 17.2. The second kappa shape index (κ2) is 22.3. The van der Waals surface area contributed by atoms with E-state index in [1.807, 2.05) is 0 Å². The van der Waals surface area contributed by atoms with Crippen LogP contribution >= 0.6 is 31.9 Å². The van der Waals surface area contributed by atoms with E-state index in [2.05, 4.69) is 53.1 Å². The van der Waals surface area contributed by atoms with Gasteiger partial charge in [0.2, 0.25) is 17.7 Å². The minimum atomic E-state index is -0.979. The van der Waals surface area contributed by atoms with Crippen LogP contribution in [0.15, 0.2) is 33.2 Å². The maximum atomic E-state index is 13.3. The molecular formula is C31H44Br2N6O10. The smallest absolute Gasteiger partial charge is 0.312 e. The summed E-state index contributed by atoms with van der Waals surface area (Å²) in [5, 5.41) is 19.9. The van der Waals surface area contributed by atoms with Gasteiger partial charge in [0.05, 0.1) is 52.8 Å². The van der Waals surface area contributed by atoms with Crippen molar-refractivity contribution in [2.24, 2.45) is 11.7 Å². The number of amides is 7. The lowest BCUT2D eigenvalue weighted by atomic mass is 10.0. The van der Waals surface area contributed by atoms with Crippen molar-refractivity contribution >= 4 is 73.1 Å². The number of urea groups is 1. The number of nitrogens with zero attached hydrogens (tertiary/aromatic N) is 1. The molecule has 0 radical (unpaired) electrons. The van der Waals surface area contributed by atoms with Gasteiger partial charge in [0, 0.05) is 18.7 Å². The second-order valence-electron chi connectivity index (χ2n) is 11.1. The highest BCUT2D eigenvalue weighted by Crippen LogP contribution is 2.29. The Balaban J connectivity index is 1.71. The number of aliphatic hydroxyl groups excluding tert-OH is 1. The number of rotatable bonds is 23. The van der Waals surface area contributed by atoms with Crippen molar-refractivity contribution in [1.29, 1.82) is 0 Å². The van der Waals surface area contributed by atoms with E-state index in [1.165, 1.54) is 0 Å². The highest BCUT2D eigenvalue weighted by atomic mass is 79.9. The first-order chi connectivity index (χ1) is 23.3. The van der Waals surface area contributed by atoms with E-state index in [9.17, 15) is 33.9 Å². The summed E-state index contributed by atoms with van der Waals surface area (Å²) in [6.07, 6.45) is 0.512. The minimum Gasteiger partial charge on any atom is -0.392 e. The SMILES string of the molecule is CC(C)[C@H](NC(=O)CCOCCOCCOCCN1C(=O)C(Br)=C(Br)C1=O)C(=O)N[C@@H](CCCNC(N)=O)C(=O)Nc1ccc(CO)cc1. The van der Waals surface area contributed by atoms with Crippen molar-refractivity contribution in [3.05, 3.63) is 38.8 Å². The van der Waals surface area contributed by atoms with Crippen LogP contribution in [0.1, 0.15) is 38.7 Å². The van der Waals surface area contributed by atoms with Crippen molar-refractivity contribution in [1.82, 2.24) is 20.9 Å². The number of ether oxygens (including phenoxy) is 3. The molecule has 7 N–H and O–H groups in total. The van der Waals surface area contributed by atoms with Gasteiger partial charge >= 0.3 is 6.03 Å². The van der Waals surface area contributed by atoms with E-state index >= 15 is 0 Å². The van der Waals surface area contributed by atoms with Gasteiger partial charge < -0.3 is 46.3 Å². The minimum absolute atomic E-state index is 0.0127. The van der Waals surface area contributed by atoms with Crippen LogP contribution in [0.2, 0.25) is 0 Å². The number of hydrogen-bond acceptors (Lipinski definition) is 10. The highest BCUT2D eigenvalue weighted by molar-refractivity contribution is 9.14. The highest BCUT2D eigenvalue weighted by Gasteiger charge is 2.35. The summed E-state index contributed by atoms with van der Waals surface area (Å²) in [5.41, 5.74) is 6.25. The van der Waals surface area contributed by atoms with Gasteiger partial charge in [0.25, 0.3) is 11.8 Å². The molecule has 1 heterocycles. The molecule has 0 aromatic heterocycles. The number of carbonyl (C=O) groups is 6. The van der Waals surface area contributed by atoms with Crippen molar-refractivity contribution in [3.63, 3.8) is 0 Å². The first-order valence-electron chi connectivity index (χ1n) is 15.6. The molecular weight excluding hydrogens is 776 g/mol. The summed E-state index contributed by atoms with van der Waals surface area (Å²) in [6, 6.07) is 3.95. The fraction of sp³-hybridized carbons (Fsp3) is 0.548. The fourth-order valence-electron chi connectivity index (χ4n) is 4.33. The van der Waals surface area contributed by atoms with E-state index in [-0.39, 0.29) is 87.1 Å². The molecule has 0 saturated heterocycles. The molecule has 0 fully saturated rings. The summed E-state index contributed by atoms with van der Waals surface area (Å²) in [6.45, 7) is 4.91. The number of halogens is 2. The van der Waals surface area contributed by atoms with Gasteiger partial charge in [-0.3, -0.25) is 28.9 Å². The van der Waals surface area contributed by atoms with Gasteiger partial charge in [0.1, 0.15) is 21.0 Å². The molecule has 2 rings (SSSR count). The lowest BCUT2D eigenvalue weighted by Gasteiger charge is -2.25. The molecule has 1 aromatic carbocycles. The molecule has 1 aliphatic rings. The Bertz CT molecular complexity index is 1300. The molecule has 0 unspecified atom stereocenters. The molecule has 7 amide bonds. The molecule has 2 atom stereocenters. The summed E-state index contributed by atoms with van der Waals surface area (Å²) in [5.74, 6) is -2.61. The van der Waals surface area contributed by atoms with Crippen LogP contribution in [-0.4, -0.2) is 110 Å². The van der Waals surface area contributed by atoms with E-state index in [4.69, 9.17) is 19.9 Å². The van der Waals surface area contributed by atoms with Crippen molar-refractivity contribution in [3.8, 4) is 0 Å². The van der Waals surface area contributed by atoms with Gasteiger partial charge in [-0.15, -0.1) is 0 Å². The number of nitrogens with two attached hydrogens (primary N) is 1. The van der Waals surface area contributed by atoms with E-state index in [0.717, 1.165) is 4.90 Å². The zero-order valence-corrected chi connectivity index (χ0v) is 30.6. The average Bonchev–Trinajstić information content (AvgIpc) is 3.25. The van der Waals surface area contributed by atoms with Gasteiger partial charge in [-0.25, -0.2) is 4.79 Å². The van der Waals surface area contributed by atoms with Crippen LogP contribution in [0.3, 0.4) is 0 Å². The van der Waals surface area contributed by atoms with Crippen LogP contribution in [0.4, 0.5) is 10.5 Å². The Morgan fingerprint density at radius 2 is 1.43 bits per heavy atom. The summed E-state index contributed by atoms with van der Waals surface area (Å²) < 4.78 is 16.7. The maximum Gasteiger partial charge on any atom is 0.312 e. The van der Waals surface area contributed by atoms with E-state index in [1.54, 1.807) is 38.1 Å². The molecule has 16 nitrogen and oxygen atoms in total. The molecule has 0 spiro atoms. The van der Waals surface area contributed by atoms with Crippen LogP contribution in [0.25, 0.3) is 0 Å². The molecule has 272 valence electrons. The Morgan fingerprint density at radius 1 is 0.857 bits per heavy atom. The topological polar surface area (TPSA) is 228 Å². The second-order valence-corrected chi connectivity index (χ2v) is 12.7. The first kappa shape index (κ1) is 41.7. The number of anilines is 1. The Hall–Kier alpha value is -3.42. The number of aliphatic hydroxyl groups is 1. The molecule has 0 saturated carbocycles. The predicted molar refractivity (Wildman–Crippen MR) is 185 cm³/mol. The monoisotopic (exact) mass is 818 g/mol. The average molecular weight is 821 g/mol. The zero-order valence-electron chi connectivity index (χ0n) is 27.4. The Labute approximate surface area is 301 Å². The number of benzene rings is 1. The van der Waals surface area contributed by atoms with Gasteiger partial charge in [-0.1, -0.05) is 26.0 Å². The number of nitrogens with one attached hydrogen (secondary N) is 4. The third-order valence-corrected chi connectivity index (χ3v) is 9.01. The molecule has 1 aromatic rings. The Morgan fingerprint density at radius 3 is 1.98 bits per heavy atom. The number of carbonyl (C=O) groups excluding carboxylic acids is 6. The summed E-state index contributed by atoms with van der Waals surface area (Å²) >= 11 is 6.13. The quantitative estimate of drug-likeness (QED) is 0.0679. The molecule has 18 heteroatoms. The van der Waals surface area contributed by atoms with Gasteiger partial charge in [0.15, 0.2) is 0 Å². The van der Waals surface area contributed by atoms with Crippen LogP contribution in [0.5, 0.6) is 0 Å². The third kappa shape index (κ3) is 14.9. The van der Waals surface area contributed by atoms with Crippen LogP contribution in [-0.2, 0) is 44.8 Å². The summed E-state index contributed by atoms with van der Waals surface area (Å²) in [7, 11) is 0. The van der Waals surface area contributed by atoms with Gasteiger partial charge in [-0.05, 0) is 68.3 Å². The van der Waals surface area contributed by atoms with E-state index < -0.39 is 47.7 Å². The third-order valence-electron chi connectivity index (χ3n) is 7.01. The van der Waals surface area contributed by atoms with Crippen molar-refractivity contribution in [2.75, 3.05) is 58.0 Å².